The second kappa shape index (κ2) is 12.0. The molecule has 198 valence electrons. The van der Waals surface area contributed by atoms with Gasteiger partial charge in [0.1, 0.15) is 18.1 Å². The zero-order valence-electron chi connectivity index (χ0n) is 21.6. The normalized spacial score (nSPS) is 15.0. The minimum atomic E-state index is -0.660. The van der Waals surface area contributed by atoms with E-state index in [-0.39, 0.29) is 18.4 Å². The molecule has 1 atom stereocenters. The van der Waals surface area contributed by atoms with Crippen molar-refractivity contribution >= 4 is 17.4 Å². The summed E-state index contributed by atoms with van der Waals surface area (Å²) in [5.74, 6) is 1.88. The average Bonchev–Trinajstić information content (AvgIpc) is 3.33. The number of carbonyl (C=O) groups is 1. The number of aryl methyl sites for hydroxylation is 1. The number of nitrogen functional groups attached to an aromatic ring is 1. The largest absolute Gasteiger partial charge is 0.489 e. The van der Waals surface area contributed by atoms with E-state index in [1.807, 2.05) is 26.2 Å². The maximum atomic E-state index is 12.5. The van der Waals surface area contributed by atoms with Gasteiger partial charge in [-0.2, -0.15) is 15.1 Å². The topological polar surface area (TPSA) is 142 Å². The van der Waals surface area contributed by atoms with Crippen LogP contribution in [-0.4, -0.2) is 68.0 Å². The number of hydrogen-bond donors (Lipinski definition) is 2. The van der Waals surface area contributed by atoms with E-state index in [9.17, 15) is 9.90 Å². The standard InChI is InChI=1S/C26H35N7O4/c1-4-5-22(35)21-11-24(31-26(30-21)37-15-17(2)34)33-8-6-18(7-9-33)16-36-23-10-19(12-28-25(23)27)20-13-29-32(3)14-20/h10-14,17-18,34H,4-9,15-16H2,1-3H3,(H2,27,28). The van der Waals surface area contributed by atoms with Gasteiger partial charge in [-0.25, -0.2) is 4.98 Å². The summed E-state index contributed by atoms with van der Waals surface area (Å²) in [6.45, 7) is 5.68. The molecule has 0 spiro atoms. The monoisotopic (exact) mass is 509 g/mol. The van der Waals surface area contributed by atoms with Crippen molar-refractivity contribution in [2.24, 2.45) is 13.0 Å². The molecule has 4 heterocycles. The summed E-state index contributed by atoms with van der Waals surface area (Å²) >= 11 is 0. The molecule has 0 saturated carbocycles. The van der Waals surface area contributed by atoms with Crippen LogP contribution < -0.4 is 20.1 Å². The van der Waals surface area contributed by atoms with Crippen LogP contribution in [0, 0.1) is 5.92 Å². The molecule has 0 amide bonds. The molecule has 1 aliphatic rings. The van der Waals surface area contributed by atoms with Gasteiger partial charge in [0.2, 0.25) is 0 Å². The smallest absolute Gasteiger partial charge is 0.319 e. The summed E-state index contributed by atoms with van der Waals surface area (Å²) in [5.41, 5.74) is 8.26. The van der Waals surface area contributed by atoms with Crippen LogP contribution in [0.25, 0.3) is 11.1 Å². The number of hydrogen-bond acceptors (Lipinski definition) is 10. The molecule has 1 saturated heterocycles. The van der Waals surface area contributed by atoms with Crippen LogP contribution in [0.15, 0.2) is 30.7 Å². The van der Waals surface area contributed by atoms with Gasteiger partial charge >= 0.3 is 6.01 Å². The summed E-state index contributed by atoms with van der Waals surface area (Å²) in [5, 5.41) is 13.8. The van der Waals surface area contributed by atoms with E-state index in [4.69, 9.17) is 15.2 Å². The Morgan fingerprint density at radius 2 is 1.97 bits per heavy atom. The van der Waals surface area contributed by atoms with E-state index >= 15 is 0 Å². The molecule has 4 rings (SSSR count). The molecule has 3 N–H and O–H groups in total. The SMILES string of the molecule is CCCC(=O)c1cc(N2CCC(COc3cc(-c4cnn(C)c4)cnc3N)CC2)nc(OCC(C)O)n1. The number of carbonyl (C=O) groups excluding carboxylic acids is 1. The van der Waals surface area contributed by atoms with Crippen LogP contribution in [0.1, 0.15) is 50.0 Å². The van der Waals surface area contributed by atoms with Crippen LogP contribution in [0.5, 0.6) is 11.8 Å². The van der Waals surface area contributed by atoms with Gasteiger partial charge in [-0.15, -0.1) is 0 Å². The number of rotatable bonds is 11. The molecule has 0 aliphatic carbocycles. The Balaban J connectivity index is 1.38. The number of nitrogens with zero attached hydrogens (tertiary/aromatic N) is 6. The molecule has 11 heteroatoms. The summed E-state index contributed by atoms with van der Waals surface area (Å²) < 4.78 is 13.4. The summed E-state index contributed by atoms with van der Waals surface area (Å²) in [6, 6.07) is 3.75. The van der Waals surface area contributed by atoms with Gasteiger partial charge in [0, 0.05) is 56.1 Å². The van der Waals surface area contributed by atoms with Gasteiger partial charge in [0.05, 0.1) is 18.9 Å². The molecular formula is C26H35N7O4. The highest BCUT2D eigenvalue weighted by Crippen LogP contribution is 2.29. The van der Waals surface area contributed by atoms with Gasteiger partial charge in [0.15, 0.2) is 17.4 Å². The van der Waals surface area contributed by atoms with Crippen molar-refractivity contribution in [3.05, 3.63) is 36.4 Å². The highest BCUT2D eigenvalue weighted by molar-refractivity contribution is 5.94. The fourth-order valence-electron chi connectivity index (χ4n) is 4.17. The first-order valence-corrected chi connectivity index (χ1v) is 12.7. The third-order valence-electron chi connectivity index (χ3n) is 6.24. The molecule has 1 fully saturated rings. The van der Waals surface area contributed by atoms with Gasteiger partial charge in [-0.05, 0) is 38.2 Å². The molecule has 3 aromatic rings. The first-order chi connectivity index (χ1) is 17.8. The maximum Gasteiger partial charge on any atom is 0.319 e. The van der Waals surface area contributed by atoms with E-state index in [0.29, 0.717) is 42.0 Å². The van der Waals surface area contributed by atoms with Crippen LogP contribution in [-0.2, 0) is 7.05 Å². The van der Waals surface area contributed by atoms with Crippen LogP contribution in [0.3, 0.4) is 0 Å². The number of aliphatic hydroxyl groups excluding tert-OH is 1. The lowest BCUT2D eigenvalue weighted by atomic mass is 9.97. The highest BCUT2D eigenvalue weighted by Gasteiger charge is 2.23. The van der Waals surface area contributed by atoms with E-state index in [0.717, 1.165) is 43.5 Å². The number of ketones is 1. The van der Waals surface area contributed by atoms with Crippen LogP contribution in [0.2, 0.25) is 0 Å². The van der Waals surface area contributed by atoms with Crippen LogP contribution >= 0.6 is 0 Å². The quantitative estimate of drug-likeness (QED) is 0.371. The number of ether oxygens (including phenoxy) is 2. The zero-order chi connectivity index (χ0) is 26.4. The molecule has 3 aromatic heterocycles. The average molecular weight is 510 g/mol. The van der Waals surface area contributed by atoms with Crippen LogP contribution in [0.4, 0.5) is 11.6 Å². The minimum Gasteiger partial charge on any atom is -0.489 e. The molecule has 37 heavy (non-hydrogen) atoms. The summed E-state index contributed by atoms with van der Waals surface area (Å²) in [7, 11) is 1.87. The number of aliphatic hydroxyl groups is 1. The molecule has 1 aliphatic heterocycles. The van der Waals surface area contributed by atoms with Gasteiger partial charge in [-0.3, -0.25) is 9.48 Å². The number of piperidine rings is 1. The van der Waals surface area contributed by atoms with E-state index in [2.05, 4.69) is 25.0 Å². The molecular weight excluding hydrogens is 474 g/mol. The molecule has 0 radical (unpaired) electrons. The highest BCUT2D eigenvalue weighted by atomic mass is 16.5. The van der Waals surface area contributed by atoms with Gasteiger partial charge in [-0.1, -0.05) is 6.92 Å². The fourth-order valence-corrected chi connectivity index (χ4v) is 4.17. The van der Waals surface area contributed by atoms with Crippen molar-refractivity contribution in [2.45, 2.75) is 45.6 Å². The Labute approximate surface area is 216 Å². The van der Waals surface area contributed by atoms with Crippen molar-refractivity contribution in [3.63, 3.8) is 0 Å². The van der Waals surface area contributed by atoms with E-state index in [1.165, 1.54) is 0 Å². The number of nitrogens with two attached hydrogens (primary N) is 1. The van der Waals surface area contributed by atoms with Crippen molar-refractivity contribution in [1.29, 1.82) is 0 Å². The molecule has 0 bridgehead atoms. The van der Waals surface area contributed by atoms with Gasteiger partial charge < -0.3 is 25.2 Å². The van der Waals surface area contributed by atoms with Crippen molar-refractivity contribution < 1.29 is 19.4 Å². The van der Waals surface area contributed by atoms with E-state index in [1.54, 1.807) is 30.1 Å². The first kappa shape index (κ1) is 26.3. The number of pyridine rings is 1. The van der Waals surface area contributed by atoms with Crippen molar-refractivity contribution in [2.75, 3.05) is 36.9 Å². The molecule has 11 nitrogen and oxygen atoms in total. The Kier molecular flexibility index (Phi) is 8.54. The second-order valence-electron chi connectivity index (χ2n) is 9.48. The molecule has 1 unspecified atom stereocenters. The lowest BCUT2D eigenvalue weighted by Gasteiger charge is -2.33. The Morgan fingerprint density at radius 1 is 1.19 bits per heavy atom. The third kappa shape index (κ3) is 6.94. The minimum absolute atomic E-state index is 0.0453. The summed E-state index contributed by atoms with van der Waals surface area (Å²) in [4.78, 5) is 27.7. The second-order valence-corrected chi connectivity index (χ2v) is 9.48. The summed E-state index contributed by atoms with van der Waals surface area (Å²) in [6.07, 6.45) is 7.68. The number of aromatic nitrogens is 5. The van der Waals surface area contributed by atoms with Crippen molar-refractivity contribution in [1.82, 2.24) is 24.7 Å². The number of Topliss-reactive ketones (excluding diaryl/α,β-unsaturated/α-hetero) is 1. The number of anilines is 2. The Bertz CT molecular complexity index is 1210. The Hall–Kier alpha value is -3.73. The van der Waals surface area contributed by atoms with E-state index < -0.39 is 6.10 Å². The predicted octanol–water partition coefficient (Wildman–Crippen LogP) is 2.89. The lowest BCUT2D eigenvalue weighted by molar-refractivity contribution is 0.0972. The third-order valence-corrected chi connectivity index (χ3v) is 6.24. The van der Waals surface area contributed by atoms with Crippen molar-refractivity contribution in [3.8, 4) is 22.9 Å². The maximum absolute atomic E-state index is 12.5. The predicted molar refractivity (Wildman–Crippen MR) is 140 cm³/mol. The fraction of sp³-hybridized carbons (Fsp3) is 0.500. The molecule has 0 aromatic carbocycles. The lowest BCUT2D eigenvalue weighted by Crippen LogP contribution is -2.36. The first-order valence-electron chi connectivity index (χ1n) is 12.7. The Morgan fingerprint density at radius 3 is 2.65 bits per heavy atom. The van der Waals surface area contributed by atoms with Gasteiger partial charge in [0.25, 0.3) is 0 Å². The zero-order valence-corrected chi connectivity index (χ0v) is 21.6.